The van der Waals surface area contributed by atoms with Gasteiger partial charge in [0.25, 0.3) is 0 Å². The quantitative estimate of drug-likeness (QED) is 0.755. The molecule has 15 heavy (non-hydrogen) atoms. The molecule has 0 saturated carbocycles. The van der Waals surface area contributed by atoms with Crippen LogP contribution in [0.5, 0.6) is 0 Å². The largest absolute Gasteiger partial charge is 0.389 e. The monoisotopic (exact) mass is 212 g/mol. The van der Waals surface area contributed by atoms with Crippen LogP contribution >= 0.6 is 0 Å². The van der Waals surface area contributed by atoms with E-state index in [0.29, 0.717) is 19.1 Å². The molecule has 1 aromatic heterocycles. The Morgan fingerprint density at radius 3 is 2.73 bits per heavy atom. The lowest BCUT2D eigenvalue weighted by molar-refractivity contribution is 0.0791. The molecule has 0 aliphatic heterocycles. The van der Waals surface area contributed by atoms with E-state index in [1.54, 1.807) is 20.2 Å². The fourth-order valence-corrected chi connectivity index (χ4v) is 1.31. The van der Waals surface area contributed by atoms with Crippen molar-refractivity contribution in [1.82, 2.24) is 20.1 Å². The second kappa shape index (κ2) is 4.72. The molecule has 0 bridgehead atoms. The summed E-state index contributed by atoms with van der Waals surface area (Å²) < 4.78 is 1.87. The summed E-state index contributed by atoms with van der Waals surface area (Å²) in [6.45, 7) is 8.84. The van der Waals surface area contributed by atoms with Crippen molar-refractivity contribution in [3.63, 3.8) is 0 Å². The summed E-state index contributed by atoms with van der Waals surface area (Å²) >= 11 is 0. The number of nitrogens with one attached hydrogen (secondary N) is 1. The molecular formula is C10H20N4O. The van der Waals surface area contributed by atoms with E-state index in [1.807, 2.05) is 4.68 Å². The van der Waals surface area contributed by atoms with Gasteiger partial charge in [0, 0.05) is 12.6 Å². The maximum Gasteiger partial charge on any atom is 0.141 e. The van der Waals surface area contributed by atoms with Crippen LogP contribution in [0.4, 0.5) is 0 Å². The normalized spacial score (nSPS) is 12.4. The number of nitrogens with zero attached hydrogens (tertiary/aromatic N) is 3. The Balaban J connectivity index is 2.47. The van der Waals surface area contributed by atoms with Gasteiger partial charge in [-0.2, -0.15) is 5.10 Å². The molecule has 0 radical (unpaired) electrons. The van der Waals surface area contributed by atoms with Crippen molar-refractivity contribution in [3.8, 4) is 0 Å². The van der Waals surface area contributed by atoms with E-state index in [4.69, 9.17) is 0 Å². The summed E-state index contributed by atoms with van der Waals surface area (Å²) in [4.78, 5) is 4.16. The van der Waals surface area contributed by atoms with E-state index in [-0.39, 0.29) is 0 Å². The van der Waals surface area contributed by atoms with Gasteiger partial charge < -0.3 is 10.4 Å². The minimum Gasteiger partial charge on any atom is -0.389 e. The zero-order valence-electron chi connectivity index (χ0n) is 9.86. The van der Waals surface area contributed by atoms with E-state index >= 15 is 0 Å². The lowest BCUT2D eigenvalue weighted by Crippen LogP contribution is -2.35. The zero-order valence-corrected chi connectivity index (χ0v) is 9.86. The highest BCUT2D eigenvalue weighted by Crippen LogP contribution is 2.05. The molecule has 2 N–H and O–H groups in total. The minimum atomic E-state index is -0.692. The number of aliphatic hydroxyl groups is 1. The highest BCUT2D eigenvalue weighted by atomic mass is 16.3. The molecule has 86 valence electrons. The molecule has 0 spiro atoms. The Bertz CT molecular complexity index is 301. The fraction of sp³-hybridized carbons (Fsp3) is 0.800. The molecule has 1 aromatic rings. The molecule has 5 nitrogen and oxygen atoms in total. The van der Waals surface area contributed by atoms with E-state index in [1.165, 1.54) is 0 Å². The van der Waals surface area contributed by atoms with Crippen LogP contribution < -0.4 is 5.32 Å². The predicted octanol–water partition coefficient (Wildman–Crippen LogP) is 0.720. The van der Waals surface area contributed by atoms with Gasteiger partial charge in [-0.1, -0.05) is 0 Å². The summed E-state index contributed by atoms with van der Waals surface area (Å²) in [6, 6.07) is 0.312. The maximum atomic E-state index is 9.52. The molecule has 0 aliphatic rings. The first kappa shape index (κ1) is 12.1. The SMILES string of the molecule is CC(C)n1ncnc1CNCC(C)(C)O. The fourth-order valence-electron chi connectivity index (χ4n) is 1.31. The summed E-state index contributed by atoms with van der Waals surface area (Å²) in [5.41, 5.74) is -0.692. The van der Waals surface area contributed by atoms with Crippen molar-refractivity contribution in [3.05, 3.63) is 12.2 Å². The average molecular weight is 212 g/mol. The molecule has 0 saturated heterocycles. The van der Waals surface area contributed by atoms with Gasteiger partial charge in [0.1, 0.15) is 12.2 Å². The second-order valence-electron chi connectivity index (χ2n) is 4.63. The third kappa shape index (κ3) is 3.97. The number of aromatic nitrogens is 3. The lowest BCUT2D eigenvalue weighted by atomic mass is 10.1. The first-order valence-corrected chi connectivity index (χ1v) is 5.21. The average Bonchev–Trinajstić information content (AvgIpc) is 2.49. The van der Waals surface area contributed by atoms with Crippen molar-refractivity contribution in [2.24, 2.45) is 0 Å². The molecule has 0 amide bonds. The van der Waals surface area contributed by atoms with Crippen LogP contribution in [-0.4, -0.2) is 32.0 Å². The maximum absolute atomic E-state index is 9.52. The van der Waals surface area contributed by atoms with Crippen LogP contribution in [0, 0.1) is 0 Å². The number of hydrogen-bond donors (Lipinski definition) is 2. The van der Waals surface area contributed by atoms with Crippen LogP contribution in [0.3, 0.4) is 0 Å². The Morgan fingerprint density at radius 1 is 1.53 bits per heavy atom. The third-order valence-corrected chi connectivity index (χ3v) is 1.98. The lowest BCUT2D eigenvalue weighted by Gasteiger charge is -2.18. The van der Waals surface area contributed by atoms with Crippen LogP contribution in [0.1, 0.15) is 39.6 Å². The van der Waals surface area contributed by atoms with Crippen molar-refractivity contribution >= 4 is 0 Å². The summed E-state index contributed by atoms with van der Waals surface area (Å²) in [5.74, 6) is 0.897. The molecule has 1 rings (SSSR count). The number of rotatable bonds is 5. The highest BCUT2D eigenvalue weighted by Gasteiger charge is 2.13. The van der Waals surface area contributed by atoms with Gasteiger partial charge in [-0.05, 0) is 27.7 Å². The van der Waals surface area contributed by atoms with Crippen LogP contribution in [-0.2, 0) is 6.54 Å². The van der Waals surface area contributed by atoms with Gasteiger partial charge >= 0.3 is 0 Å². The van der Waals surface area contributed by atoms with Gasteiger partial charge in [-0.3, -0.25) is 0 Å². The molecule has 5 heteroatoms. The molecule has 0 aliphatic carbocycles. The van der Waals surface area contributed by atoms with Crippen molar-refractivity contribution in [2.45, 2.75) is 45.9 Å². The summed E-state index contributed by atoms with van der Waals surface area (Å²) in [7, 11) is 0. The van der Waals surface area contributed by atoms with E-state index in [9.17, 15) is 5.11 Å². The van der Waals surface area contributed by atoms with Crippen molar-refractivity contribution < 1.29 is 5.11 Å². The smallest absolute Gasteiger partial charge is 0.141 e. The highest BCUT2D eigenvalue weighted by molar-refractivity contribution is 4.86. The topological polar surface area (TPSA) is 63.0 Å². The summed E-state index contributed by atoms with van der Waals surface area (Å²) in [5, 5.41) is 16.8. The van der Waals surface area contributed by atoms with E-state index in [0.717, 1.165) is 5.82 Å². The van der Waals surface area contributed by atoms with E-state index < -0.39 is 5.60 Å². The van der Waals surface area contributed by atoms with Crippen molar-refractivity contribution in [2.75, 3.05) is 6.54 Å². The van der Waals surface area contributed by atoms with Gasteiger partial charge in [0.15, 0.2) is 0 Å². The molecule has 0 aromatic carbocycles. The standard InChI is InChI=1S/C10H20N4O/c1-8(2)14-9(12-7-13-14)5-11-6-10(3,4)15/h7-8,11,15H,5-6H2,1-4H3. The van der Waals surface area contributed by atoms with Gasteiger partial charge in [0.2, 0.25) is 0 Å². The zero-order chi connectivity index (χ0) is 11.5. The van der Waals surface area contributed by atoms with E-state index in [2.05, 4.69) is 29.2 Å². The first-order valence-electron chi connectivity index (χ1n) is 5.21. The van der Waals surface area contributed by atoms with Crippen LogP contribution in [0.15, 0.2) is 6.33 Å². The molecule has 0 atom stereocenters. The Labute approximate surface area is 90.5 Å². The molecule has 0 fully saturated rings. The number of hydrogen-bond acceptors (Lipinski definition) is 4. The summed E-state index contributed by atoms with van der Waals surface area (Å²) in [6.07, 6.45) is 1.56. The Morgan fingerprint density at radius 2 is 2.20 bits per heavy atom. The van der Waals surface area contributed by atoms with Crippen LogP contribution in [0.25, 0.3) is 0 Å². The van der Waals surface area contributed by atoms with Crippen LogP contribution in [0.2, 0.25) is 0 Å². The Hall–Kier alpha value is -0.940. The van der Waals surface area contributed by atoms with Gasteiger partial charge in [-0.25, -0.2) is 9.67 Å². The van der Waals surface area contributed by atoms with Crippen molar-refractivity contribution in [1.29, 1.82) is 0 Å². The van der Waals surface area contributed by atoms with Gasteiger partial charge in [0.05, 0.1) is 12.1 Å². The minimum absolute atomic E-state index is 0.312. The Kier molecular flexibility index (Phi) is 3.82. The second-order valence-corrected chi connectivity index (χ2v) is 4.63. The third-order valence-electron chi connectivity index (χ3n) is 1.98. The first-order chi connectivity index (χ1) is 6.90. The molecule has 1 heterocycles. The predicted molar refractivity (Wildman–Crippen MR) is 58.4 cm³/mol. The molecular weight excluding hydrogens is 192 g/mol. The molecule has 0 unspecified atom stereocenters. The van der Waals surface area contributed by atoms with Gasteiger partial charge in [-0.15, -0.1) is 0 Å².